The van der Waals surface area contributed by atoms with Gasteiger partial charge in [0.2, 0.25) is 11.7 Å². The maximum Gasteiger partial charge on any atom is 0.339 e. The van der Waals surface area contributed by atoms with E-state index in [0.717, 1.165) is 9.80 Å². The second-order valence-corrected chi connectivity index (χ2v) is 6.25. The summed E-state index contributed by atoms with van der Waals surface area (Å²) in [5.41, 5.74) is 0.923. The van der Waals surface area contributed by atoms with E-state index >= 15 is 0 Å². The van der Waals surface area contributed by atoms with Crippen LogP contribution in [-0.4, -0.2) is 47.1 Å². The molecule has 1 aliphatic heterocycles. The Morgan fingerprint density at radius 2 is 1.47 bits per heavy atom. The van der Waals surface area contributed by atoms with Crippen LogP contribution in [0.1, 0.15) is 5.89 Å². The molecule has 0 saturated carbocycles. The van der Waals surface area contributed by atoms with Gasteiger partial charge >= 0.3 is 17.8 Å². The van der Waals surface area contributed by atoms with Crippen molar-refractivity contribution in [2.75, 3.05) is 19.1 Å². The summed E-state index contributed by atoms with van der Waals surface area (Å²) in [5, 5.41) is 3.86. The van der Waals surface area contributed by atoms with Gasteiger partial charge in [0.05, 0.1) is 19.9 Å². The average molecular weight is 408 g/mol. The molecule has 2 heterocycles. The molecule has 2 aromatic carbocycles. The third-order valence-corrected chi connectivity index (χ3v) is 4.49. The third-order valence-electron chi connectivity index (χ3n) is 4.49. The molecule has 0 N–H and O–H groups in total. The first kappa shape index (κ1) is 19.1. The lowest BCUT2D eigenvalue weighted by Gasteiger charge is -2.14. The Bertz CT molecular complexity index is 1110. The molecule has 1 saturated heterocycles. The van der Waals surface area contributed by atoms with Crippen LogP contribution in [0.25, 0.3) is 11.4 Å². The molecule has 30 heavy (non-hydrogen) atoms. The number of hydrogen-bond acceptors (Lipinski definition) is 8. The summed E-state index contributed by atoms with van der Waals surface area (Å²) in [6.07, 6.45) is 0. The number of nitrogens with zero attached hydrogens (tertiary/aromatic N) is 4. The number of benzene rings is 2. The van der Waals surface area contributed by atoms with Gasteiger partial charge in [-0.25, -0.2) is 14.6 Å². The van der Waals surface area contributed by atoms with Crippen molar-refractivity contribution in [1.29, 1.82) is 0 Å². The second-order valence-electron chi connectivity index (χ2n) is 6.25. The molecule has 1 aromatic heterocycles. The van der Waals surface area contributed by atoms with Crippen LogP contribution in [0.3, 0.4) is 0 Å². The number of hydrogen-bond donors (Lipinski definition) is 0. The SMILES string of the molecule is COc1ccc(-c2noc(CN3C(=O)C(=O)N(c4ccc(OC)cc4)C3=O)n2)cc1. The molecule has 152 valence electrons. The number of aromatic nitrogens is 2. The zero-order chi connectivity index (χ0) is 21.3. The van der Waals surface area contributed by atoms with Crippen LogP contribution < -0.4 is 14.4 Å². The van der Waals surface area contributed by atoms with Gasteiger partial charge in [-0.15, -0.1) is 0 Å². The molecule has 4 amide bonds. The van der Waals surface area contributed by atoms with E-state index in [2.05, 4.69) is 10.1 Å². The Hall–Kier alpha value is -4.21. The van der Waals surface area contributed by atoms with Crippen LogP contribution in [0.4, 0.5) is 10.5 Å². The molecule has 0 radical (unpaired) electrons. The number of anilines is 1. The third kappa shape index (κ3) is 3.34. The largest absolute Gasteiger partial charge is 0.497 e. The first-order chi connectivity index (χ1) is 14.5. The summed E-state index contributed by atoms with van der Waals surface area (Å²) in [7, 11) is 3.05. The molecule has 10 heteroatoms. The molecule has 1 aliphatic rings. The predicted molar refractivity (Wildman–Crippen MR) is 103 cm³/mol. The Balaban J connectivity index is 1.53. The van der Waals surface area contributed by atoms with Crippen molar-refractivity contribution in [1.82, 2.24) is 15.0 Å². The predicted octanol–water partition coefficient (Wildman–Crippen LogP) is 2.25. The summed E-state index contributed by atoms with van der Waals surface area (Å²) >= 11 is 0. The van der Waals surface area contributed by atoms with Crippen molar-refractivity contribution < 1.29 is 28.4 Å². The van der Waals surface area contributed by atoms with E-state index in [9.17, 15) is 14.4 Å². The lowest BCUT2D eigenvalue weighted by Crippen LogP contribution is -2.33. The Morgan fingerprint density at radius 3 is 2.07 bits per heavy atom. The van der Waals surface area contributed by atoms with Crippen molar-refractivity contribution in [3.8, 4) is 22.9 Å². The lowest BCUT2D eigenvalue weighted by atomic mass is 10.2. The van der Waals surface area contributed by atoms with E-state index in [1.165, 1.54) is 19.2 Å². The molecule has 0 atom stereocenters. The van der Waals surface area contributed by atoms with Crippen LogP contribution in [0.15, 0.2) is 53.1 Å². The number of imide groups is 2. The van der Waals surface area contributed by atoms with Crippen molar-refractivity contribution in [2.24, 2.45) is 0 Å². The maximum absolute atomic E-state index is 12.7. The van der Waals surface area contributed by atoms with Gasteiger partial charge in [-0.2, -0.15) is 4.98 Å². The van der Waals surface area contributed by atoms with Crippen molar-refractivity contribution in [3.63, 3.8) is 0 Å². The lowest BCUT2D eigenvalue weighted by molar-refractivity contribution is -0.139. The van der Waals surface area contributed by atoms with Crippen molar-refractivity contribution >= 4 is 23.5 Å². The van der Waals surface area contributed by atoms with Gasteiger partial charge in [0.1, 0.15) is 18.0 Å². The minimum Gasteiger partial charge on any atom is -0.497 e. The average Bonchev–Trinajstić information content (AvgIpc) is 3.33. The van der Waals surface area contributed by atoms with Gasteiger partial charge < -0.3 is 14.0 Å². The van der Waals surface area contributed by atoms with Gasteiger partial charge in [-0.05, 0) is 48.5 Å². The van der Waals surface area contributed by atoms with Crippen LogP contribution in [0.5, 0.6) is 11.5 Å². The van der Waals surface area contributed by atoms with Crippen molar-refractivity contribution in [2.45, 2.75) is 6.54 Å². The second kappa shape index (κ2) is 7.66. The summed E-state index contributed by atoms with van der Waals surface area (Å²) in [5.74, 6) is -0.400. The summed E-state index contributed by atoms with van der Waals surface area (Å²) in [6, 6.07) is 12.4. The maximum atomic E-state index is 12.7. The van der Waals surface area contributed by atoms with Gasteiger partial charge in [0.15, 0.2) is 0 Å². The fourth-order valence-electron chi connectivity index (χ4n) is 2.92. The highest BCUT2D eigenvalue weighted by Gasteiger charge is 2.46. The highest BCUT2D eigenvalue weighted by Crippen LogP contribution is 2.26. The number of ether oxygens (including phenoxy) is 2. The fraction of sp³-hybridized carbons (Fsp3) is 0.150. The Morgan fingerprint density at radius 1 is 0.867 bits per heavy atom. The number of rotatable bonds is 6. The van der Waals surface area contributed by atoms with E-state index in [0.29, 0.717) is 17.1 Å². The first-order valence-electron chi connectivity index (χ1n) is 8.83. The number of carbonyl (C=O) groups excluding carboxylic acids is 3. The van der Waals surface area contributed by atoms with Crippen LogP contribution in [0, 0.1) is 0 Å². The minimum atomic E-state index is -0.972. The van der Waals surface area contributed by atoms with E-state index < -0.39 is 17.8 Å². The zero-order valence-electron chi connectivity index (χ0n) is 16.1. The van der Waals surface area contributed by atoms with Gasteiger partial charge in [-0.3, -0.25) is 9.59 Å². The van der Waals surface area contributed by atoms with Crippen LogP contribution >= 0.6 is 0 Å². The molecular weight excluding hydrogens is 392 g/mol. The van der Waals surface area contributed by atoms with Gasteiger partial charge in [0.25, 0.3) is 0 Å². The van der Waals surface area contributed by atoms with E-state index in [4.69, 9.17) is 14.0 Å². The van der Waals surface area contributed by atoms with E-state index in [-0.39, 0.29) is 23.9 Å². The Labute approximate surface area is 170 Å². The smallest absolute Gasteiger partial charge is 0.339 e. The molecule has 1 fully saturated rings. The molecule has 0 bridgehead atoms. The molecule has 0 aliphatic carbocycles. The highest BCUT2D eigenvalue weighted by atomic mass is 16.5. The summed E-state index contributed by atoms with van der Waals surface area (Å²) < 4.78 is 15.3. The number of carbonyl (C=O) groups is 3. The topological polar surface area (TPSA) is 115 Å². The normalized spacial score (nSPS) is 13.9. The molecule has 4 rings (SSSR count). The first-order valence-corrected chi connectivity index (χ1v) is 8.83. The zero-order valence-corrected chi connectivity index (χ0v) is 16.1. The van der Waals surface area contributed by atoms with Crippen LogP contribution in [-0.2, 0) is 16.1 Å². The van der Waals surface area contributed by atoms with Gasteiger partial charge in [-0.1, -0.05) is 5.16 Å². The van der Waals surface area contributed by atoms with Gasteiger partial charge in [0, 0.05) is 5.56 Å². The molecular formula is C20H16N4O6. The number of methoxy groups -OCH3 is 2. The van der Waals surface area contributed by atoms with E-state index in [1.807, 2.05) is 0 Å². The Kier molecular flexibility index (Phi) is 4.88. The highest BCUT2D eigenvalue weighted by molar-refractivity contribution is 6.52. The quantitative estimate of drug-likeness (QED) is 0.451. The van der Waals surface area contributed by atoms with Crippen molar-refractivity contribution in [3.05, 3.63) is 54.4 Å². The molecule has 0 spiro atoms. The van der Waals surface area contributed by atoms with Crippen LogP contribution in [0.2, 0.25) is 0 Å². The molecule has 10 nitrogen and oxygen atoms in total. The standard InChI is InChI=1S/C20H16N4O6/c1-28-14-7-3-12(4-8-14)17-21-16(30-22-17)11-23-18(25)19(26)24(20(23)27)13-5-9-15(29-2)10-6-13/h3-10H,11H2,1-2H3. The summed E-state index contributed by atoms with van der Waals surface area (Å²) in [4.78, 5) is 43.2. The molecule has 0 unspecified atom stereocenters. The van der Waals surface area contributed by atoms with E-state index in [1.54, 1.807) is 43.5 Å². The minimum absolute atomic E-state index is 0.0203. The number of urea groups is 1. The monoisotopic (exact) mass is 408 g/mol. The molecule has 3 aromatic rings. The number of amides is 4. The summed E-state index contributed by atoms with van der Waals surface area (Å²) in [6.45, 7) is -0.320. The fourth-order valence-corrected chi connectivity index (χ4v) is 2.92.